The first-order valence-corrected chi connectivity index (χ1v) is 7.86. The maximum atomic E-state index is 11.6. The van der Waals surface area contributed by atoms with Gasteiger partial charge >= 0.3 is 0 Å². The lowest BCUT2D eigenvalue weighted by molar-refractivity contribution is 0.101. The zero-order valence-corrected chi connectivity index (χ0v) is 13.5. The predicted molar refractivity (Wildman–Crippen MR) is 90.8 cm³/mol. The molecule has 2 aromatic carbocycles. The van der Waals surface area contributed by atoms with Crippen molar-refractivity contribution in [3.05, 3.63) is 53.6 Å². The largest absolute Gasteiger partial charge is 0.492 e. The Bertz CT molecular complexity index is 694. The molecule has 0 radical (unpaired) electrons. The van der Waals surface area contributed by atoms with E-state index in [9.17, 15) is 4.79 Å². The Morgan fingerprint density at radius 1 is 1.22 bits per heavy atom. The molecule has 0 fully saturated rings. The number of aryl methyl sites for hydroxylation is 1. The minimum atomic E-state index is 0.0641. The second-order valence-corrected chi connectivity index (χ2v) is 5.74. The highest BCUT2D eigenvalue weighted by Gasteiger charge is 2.19. The summed E-state index contributed by atoms with van der Waals surface area (Å²) in [4.78, 5) is 13.8. The van der Waals surface area contributed by atoms with Crippen molar-refractivity contribution in [1.29, 1.82) is 0 Å². The number of Topliss-reactive ketones (excluding diaryl/α,β-unsaturated/α-hetero) is 1. The van der Waals surface area contributed by atoms with E-state index in [0.29, 0.717) is 18.8 Å². The van der Waals surface area contributed by atoms with E-state index in [4.69, 9.17) is 9.47 Å². The molecule has 1 aliphatic rings. The van der Waals surface area contributed by atoms with Crippen molar-refractivity contribution >= 4 is 11.5 Å². The van der Waals surface area contributed by atoms with Crippen LogP contribution in [0.25, 0.3) is 0 Å². The fourth-order valence-corrected chi connectivity index (χ4v) is 2.63. The molecule has 4 nitrogen and oxygen atoms in total. The van der Waals surface area contributed by atoms with Crippen LogP contribution in [0.3, 0.4) is 0 Å². The number of fused-ring (bicyclic) bond motifs is 1. The van der Waals surface area contributed by atoms with Gasteiger partial charge in [0.05, 0.1) is 18.8 Å². The fourth-order valence-electron chi connectivity index (χ4n) is 2.63. The van der Waals surface area contributed by atoms with E-state index < -0.39 is 0 Å². The van der Waals surface area contributed by atoms with E-state index in [1.54, 1.807) is 6.92 Å². The number of benzene rings is 2. The van der Waals surface area contributed by atoms with Gasteiger partial charge in [-0.1, -0.05) is 17.7 Å². The molecule has 0 unspecified atom stereocenters. The van der Waals surface area contributed by atoms with Crippen LogP contribution >= 0.6 is 0 Å². The molecule has 23 heavy (non-hydrogen) atoms. The van der Waals surface area contributed by atoms with Crippen LogP contribution in [0.1, 0.15) is 22.8 Å². The van der Waals surface area contributed by atoms with E-state index in [2.05, 4.69) is 11.8 Å². The first kappa shape index (κ1) is 15.4. The first-order chi connectivity index (χ1) is 11.1. The molecule has 0 bridgehead atoms. The van der Waals surface area contributed by atoms with Gasteiger partial charge in [-0.2, -0.15) is 0 Å². The normalized spacial score (nSPS) is 13.2. The summed E-state index contributed by atoms with van der Waals surface area (Å²) in [7, 11) is 0. The summed E-state index contributed by atoms with van der Waals surface area (Å²) < 4.78 is 11.5. The van der Waals surface area contributed by atoms with Crippen molar-refractivity contribution < 1.29 is 14.3 Å². The number of rotatable bonds is 5. The Morgan fingerprint density at radius 2 is 2.00 bits per heavy atom. The third kappa shape index (κ3) is 3.65. The van der Waals surface area contributed by atoms with Gasteiger partial charge in [0.25, 0.3) is 0 Å². The van der Waals surface area contributed by atoms with Crippen molar-refractivity contribution in [2.24, 2.45) is 0 Å². The number of anilines is 1. The van der Waals surface area contributed by atoms with Gasteiger partial charge in [0.2, 0.25) is 0 Å². The Labute approximate surface area is 136 Å². The topological polar surface area (TPSA) is 38.8 Å². The van der Waals surface area contributed by atoms with Crippen LogP contribution in [0.2, 0.25) is 0 Å². The Morgan fingerprint density at radius 3 is 2.74 bits per heavy atom. The minimum absolute atomic E-state index is 0.0641. The minimum Gasteiger partial charge on any atom is -0.492 e. The second-order valence-electron chi connectivity index (χ2n) is 5.74. The Hall–Kier alpha value is -2.49. The molecule has 1 heterocycles. The van der Waals surface area contributed by atoms with Gasteiger partial charge in [0.1, 0.15) is 24.7 Å². The third-order valence-electron chi connectivity index (χ3n) is 3.98. The second kappa shape index (κ2) is 6.73. The molecule has 4 heteroatoms. The van der Waals surface area contributed by atoms with Crippen LogP contribution in [-0.4, -0.2) is 32.1 Å². The molecule has 3 rings (SSSR count). The van der Waals surface area contributed by atoms with Gasteiger partial charge in [0.15, 0.2) is 5.78 Å². The summed E-state index contributed by atoms with van der Waals surface area (Å²) in [5.41, 5.74) is 2.89. The van der Waals surface area contributed by atoms with E-state index in [-0.39, 0.29) is 5.78 Å². The summed E-state index contributed by atoms with van der Waals surface area (Å²) in [5, 5.41) is 0. The molecule has 1 aliphatic heterocycles. The van der Waals surface area contributed by atoms with Crippen LogP contribution < -0.4 is 14.4 Å². The van der Waals surface area contributed by atoms with Crippen LogP contribution in [0.4, 0.5) is 5.69 Å². The SMILES string of the molecule is CC(=O)c1ccc2c(c1)N(CCOc1ccc(C)cc1)CCO2. The highest BCUT2D eigenvalue weighted by molar-refractivity contribution is 5.95. The van der Waals surface area contributed by atoms with Gasteiger partial charge in [-0.25, -0.2) is 0 Å². The summed E-state index contributed by atoms with van der Waals surface area (Å²) in [6.07, 6.45) is 0. The zero-order chi connectivity index (χ0) is 16.2. The molecular formula is C19H21NO3. The molecule has 0 saturated carbocycles. The lowest BCUT2D eigenvalue weighted by Gasteiger charge is -2.31. The van der Waals surface area contributed by atoms with Gasteiger partial charge in [-0.3, -0.25) is 4.79 Å². The first-order valence-electron chi connectivity index (χ1n) is 7.86. The van der Waals surface area contributed by atoms with Gasteiger partial charge in [0, 0.05) is 5.56 Å². The third-order valence-corrected chi connectivity index (χ3v) is 3.98. The molecule has 0 aliphatic carbocycles. The standard InChI is InChI=1S/C19H21NO3/c1-14-3-6-17(7-4-14)22-11-9-20-10-12-23-19-8-5-16(15(2)21)13-18(19)20/h3-8,13H,9-12H2,1-2H3. The molecule has 2 aromatic rings. The van der Waals surface area contributed by atoms with Crippen LogP contribution in [0.5, 0.6) is 11.5 Å². The molecule has 0 aromatic heterocycles. The van der Waals surface area contributed by atoms with Crippen molar-refractivity contribution in [2.45, 2.75) is 13.8 Å². The monoisotopic (exact) mass is 311 g/mol. The maximum absolute atomic E-state index is 11.6. The Kier molecular flexibility index (Phi) is 4.51. The average molecular weight is 311 g/mol. The zero-order valence-electron chi connectivity index (χ0n) is 13.5. The molecule has 0 atom stereocenters. The number of nitrogens with zero attached hydrogens (tertiary/aromatic N) is 1. The van der Waals surface area contributed by atoms with Gasteiger partial charge in [-0.15, -0.1) is 0 Å². The van der Waals surface area contributed by atoms with Crippen molar-refractivity contribution in [3.63, 3.8) is 0 Å². The van der Waals surface area contributed by atoms with Crippen LogP contribution in [0.15, 0.2) is 42.5 Å². The number of carbonyl (C=O) groups excluding carboxylic acids is 1. The van der Waals surface area contributed by atoms with Crippen molar-refractivity contribution in [1.82, 2.24) is 0 Å². The fraction of sp³-hybridized carbons (Fsp3) is 0.316. The van der Waals surface area contributed by atoms with E-state index in [1.165, 1.54) is 5.56 Å². The lowest BCUT2D eigenvalue weighted by Crippen LogP contribution is -2.36. The summed E-state index contributed by atoms with van der Waals surface area (Å²) in [6, 6.07) is 13.6. The van der Waals surface area contributed by atoms with Crippen molar-refractivity contribution in [3.8, 4) is 11.5 Å². The smallest absolute Gasteiger partial charge is 0.159 e. The number of ether oxygens (including phenoxy) is 2. The molecule has 0 spiro atoms. The number of ketones is 1. The molecule has 0 N–H and O–H groups in total. The number of hydrogen-bond acceptors (Lipinski definition) is 4. The van der Waals surface area contributed by atoms with E-state index >= 15 is 0 Å². The molecule has 0 amide bonds. The Balaban J connectivity index is 1.66. The number of carbonyl (C=O) groups is 1. The maximum Gasteiger partial charge on any atom is 0.159 e. The molecule has 0 saturated heterocycles. The highest BCUT2D eigenvalue weighted by atomic mass is 16.5. The average Bonchev–Trinajstić information content (AvgIpc) is 2.56. The highest BCUT2D eigenvalue weighted by Crippen LogP contribution is 2.32. The van der Waals surface area contributed by atoms with Crippen LogP contribution in [0, 0.1) is 6.92 Å². The van der Waals surface area contributed by atoms with E-state index in [0.717, 1.165) is 30.3 Å². The predicted octanol–water partition coefficient (Wildman–Crippen LogP) is 3.48. The van der Waals surface area contributed by atoms with Gasteiger partial charge < -0.3 is 14.4 Å². The summed E-state index contributed by atoms with van der Waals surface area (Å²) >= 11 is 0. The van der Waals surface area contributed by atoms with E-state index in [1.807, 2.05) is 42.5 Å². The van der Waals surface area contributed by atoms with Gasteiger partial charge in [-0.05, 0) is 44.2 Å². The summed E-state index contributed by atoms with van der Waals surface area (Å²) in [6.45, 7) is 6.43. The molecule has 120 valence electrons. The molecular weight excluding hydrogens is 290 g/mol. The number of hydrogen-bond donors (Lipinski definition) is 0. The summed E-state index contributed by atoms with van der Waals surface area (Å²) in [5.74, 6) is 1.77. The van der Waals surface area contributed by atoms with Crippen LogP contribution in [-0.2, 0) is 0 Å². The quantitative estimate of drug-likeness (QED) is 0.793. The lowest BCUT2D eigenvalue weighted by atomic mass is 10.1. The van der Waals surface area contributed by atoms with Crippen molar-refractivity contribution in [2.75, 3.05) is 31.2 Å².